The van der Waals surface area contributed by atoms with Gasteiger partial charge in [0.05, 0.1) is 0 Å². The van der Waals surface area contributed by atoms with Crippen molar-refractivity contribution in [2.24, 2.45) is 11.7 Å². The fraction of sp³-hybridized carbons (Fsp3) is 0.615. The summed E-state index contributed by atoms with van der Waals surface area (Å²) >= 11 is 0. The predicted octanol–water partition coefficient (Wildman–Crippen LogP) is 1.89. The summed E-state index contributed by atoms with van der Waals surface area (Å²) in [6.45, 7) is 2.32. The van der Waals surface area contributed by atoms with E-state index in [1.807, 2.05) is 0 Å². The Kier molecular flexibility index (Phi) is 3.62. The van der Waals surface area contributed by atoms with Crippen LogP contribution in [0.2, 0.25) is 0 Å². The van der Waals surface area contributed by atoms with E-state index in [9.17, 15) is 9.60 Å². The topological polar surface area (TPSA) is 50.1 Å². The first-order chi connectivity index (χ1) is 8.13. The molecule has 0 bridgehead atoms. The van der Waals surface area contributed by atoms with Gasteiger partial charge in [-0.15, -0.1) is 0 Å². The average Bonchev–Trinajstić information content (AvgIpc) is 2.36. The molecule has 17 heavy (non-hydrogen) atoms. The Labute approximate surface area is 101 Å². The molecule has 0 aromatic carbocycles. The van der Waals surface area contributed by atoms with Gasteiger partial charge in [-0.3, -0.25) is 5.21 Å². The van der Waals surface area contributed by atoms with Crippen LogP contribution < -0.4 is 10.5 Å². The number of nitrogens with two attached hydrogens (primary N) is 1. The van der Waals surface area contributed by atoms with Gasteiger partial charge in [0.2, 0.25) is 6.20 Å². The summed E-state index contributed by atoms with van der Waals surface area (Å²) in [6, 6.07) is 1.69. The highest BCUT2D eigenvalue weighted by Gasteiger charge is 2.26. The maximum Gasteiger partial charge on any atom is 0.266 e. The third-order valence-corrected chi connectivity index (χ3v) is 3.93. The van der Waals surface area contributed by atoms with Gasteiger partial charge in [-0.25, -0.2) is 0 Å². The first-order valence-electron chi connectivity index (χ1n) is 6.23. The summed E-state index contributed by atoms with van der Waals surface area (Å²) in [4.78, 5) is 0. The highest BCUT2D eigenvalue weighted by molar-refractivity contribution is 5.20. The molecule has 1 aromatic heterocycles. The summed E-state index contributed by atoms with van der Waals surface area (Å²) < 4.78 is 14.9. The van der Waals surface area contributed by atoms with Crippen molar-refractivity contribution in [3.8, 4) is 0 Å². The third-order valence-electron chi connectivity index (χ3n) is 3.93. The van der Waals surface area contributed by atoms with Gasteiger partial charge < -0.3 is 5.73 Å². The summed E-state index contributed by atoms with van der Waals surface area (Å²) in [5.74, 6) is 0.603. The van der Waals surface area contributed by atoms with Crippen LogP contribution in [0.1, 0.15) is 42.9 Å². The van der Waals surface area contributed by atoms with E-state index in [0.29, 0.717) is 5.92 Å². The summed E-state index contributed by atoms with van der Waals surface area (Å²) in [5, 5.41) is 9.36. The second-order valence-electron chi connectivity index (χ2n) is 4.97. The molecule has 0 radical (unpaired) electrons. The van der Waals surface area contributed by atoms with Crippen LogP contribution in [-0.4, -0.2) is 11.8 Å². The fourth-order valence-electron chi connectivity index (χ4n) is 2.67. The zero-order valence-corrected chi connectivity index (χ0v) is 10.2. The predicted molar refractivity (Wildman–Crippen MR) is 62.3 cm³/mol. The van der Waals surface area contributed by atoms with E-state index in [1.165, 1.54) is 6.20 Å². The maximum absolute atomic E-state index is 14.0. The van der Waals surface area contributed by atoms with E-state index < -0.39 is 0 Å². The number of hydrogen-bond acceptors (Lipinski definition) is 2. The molecule has 0 atom stereocenters. The molecule has 0 aliphatic heterocycles. The van der Waals surface area contributed by atoms with Crippen molar-refractivity contribution in [1.82, 2.24) is 0 Å². The summed E-state index contributed by atoms with van der Waals surface area (Å²) in [6.07, 6.45) is 5.66. The SMILES string of the molecule is Cc1c(F)c(C2CCC(CN)CC2)cc[n+]1O. The van der Waals surface area contributed by atoms with E-state index in [1.54, 1.807) is 13.0 Å². The van der Waals surface area contributed by atoms with Crippen molar-refractivity contribution >= 4 is 0 Å². The van der Waals surface area contributed by atoms with Crippen molar-refractivity contribution in [3.63, 3.8) is 0 Å². The molecule has 0 spiro atoms. The lowest BCUT2D eigenvalue weighted by Crippen LogP contribution is -2.35. The van der Waals surface area contributed by atoms with Crippen LogP contribution >= 0.6 is 0 Å². The van der Waals surface area contributed by atoms with Gasteiger partial charge in [-0.05, 0) is 44.1 Å². The second kappa shape index (κ2) is 5.00. The zero-order chi connectivity index (χ0) is 12.4. The van der Waals surface area contributed by atoms with Crippen LogP contribution in [0.5, 0.6) is 0 Å². The molecule has 0 saturated heterocycles. The summed E-state index contributed by atoms with van der Waals surface area (Å²) in [5.41, 5.74) is 6.67. The van der Waals surface area contributed by atoms with Crippen LogP contribution in [0.15, 0.2) is 12.3 Å². The smallest absolute Gasteiger partial charge is 0.266 e. The average molecular weight is 239 g/mol. The highest BCUT2D eigenvalue weighted by Crippen LogP contribution is 2.36. The van der Waals surface area contributed by atoms with Gasteiger partial charge in [0, 0.05) is 23.3 Å². The van der Waals surface area contributed by atoms with E-state index in [4.69, 9.17) is 5.73 Å². The maximum atomic E-state index is 14.0. The Bertz CT molecular complexity index is 401. The lowest BCUT2D eigenvalue weighted by Gasteiger charge is -2.27. The van der Waals surface area contributed by atoms with Crippen LogP contribution in [0.25, 0.3) is 0 Å². The van der Waals surface area contributed by atoms with Gasteiger partial charge in [0.1, 0.15) is 0 Å². The van der Waals surface area contributed by atoms with E-state index in [-0.39, 0.29) is 17.4 Å². The molecule has 0 unspecified atom stereocenters. The minimum absolute atomic E-state index is 0.272. The number of nitrogens with zero attached hydrogens (tertiary/aromatic N) is 1. The Morgan fingerprint density at radius 3 is 2.65 bits per heavy atom. The molecular weight excluding hydrogens is 219 g/mol. The van der Waals surface area contributed by atoms with Gasteiger partial charge in [0.25, 0.3) is 5.69 Å². The molecule has 2 rings (SSSR count). The molecule has 1 aliphatic carbocycles. The number of pyridine rings is 1. The lowest BCUT2D eigenvalue weighted by molar-refractivity contribution is -0.909. The lowest BCUT2D eigenvalue weighted by atomic mass is 9.78. The van der Waals surface area contributed by atoms with Crippen molar-refractivity contribution in [2.75, 3.05) is 6.54 Å². The van der Waals surface area contributed by atoms with E-state index >= 15 is 0 Å². The minimum atomic E-state index is -0.272. The van der Waals surface area contributed by atoms with Crippen LogP contribution in [0, 0.1) is 18.7 Å². The quantitative estimate of drug-likeness (QED) is 0.611. The molecule has 1 saturated carbocycles. The minimum Gasteiger partial charge on any atom is -0.330 e. The number of hydrogen-bond donors (Lipinski definition) is 2. The van der Waals surface area contributed by atoms with Gasteiger partial charge in [-0.2, -0.15) is 4.39 Å². The monoisotopic (exact) mass is 239 g/mol. The Morgan fingerprint density at radius 2 is 2.06 bits per heavy atom. The number of aromatic nitrogens is 1. The summed E-state index contributed by atoms with van der Waals surface area (Å²) in [7, 11) is 0. The Balaban J connectivity index is 2.16. The van der Waals surface area contributed by atoms with Gasteiger partial charge in [-0.1, -0.05) is 0 Å². The van der Waals surface area contributed by atoms with E-state index in [2.05, 4.69) is 0 Å². The molecule has 4 heteroatoms. The highest BCUT2D eigenvalue weighted by atomic mass is 19.1. The molecule has 3 nitrogen and oxygen atoms in total. The zero-order valence-electron chi connectivity index (χ0n) is 10.2. The molecule has 3 N–H and O–H groups in total. The molecule has 94 valence electrons. The Hall–Kier alpha value is -1.16. The standard InChI is InChI=1S/C13H20FN2O/c1-9-13(14)12(6-7-16(9)17)11-4-2-10(8-15)3-5-11/h6-7,10-11,17H,2-5,8,15H2,1H3/q+1. The van der Waals surface area contributed by atoms with Gasteiger partial charge >= 0.3 is 0 Å². The normalized spacial score (nSPS) is 24.9. The number of halogens is 1. The molecule has 1 fully saturated rings. The van der Waals surface area contributed by atoms with Crippen LogP contribution in [-0.2, 0) is 0 Å². The second-order valence-corrected chi connectivity index (χ2v) is 4.97. The first kappa shape index (κ1) is 12.3. The number of rotatable bonds is 2. The van der Waals surface area contributed by atoms with Gasteiger partial charge in [0.15, 0.2) is 5.82 Å². The van der Waals surface area contributed by atoms with Crippen molar-refractivity contribution < 1.29 is 14.3 Å². The largest absolute Gasteiger partial charge is 0.330 e. The molecule has 1 aromatic rings. The molecule has 0 amide bonds. The first-order valence-corrected chi connectivity index (χ1v) is 6.23. The third kappa shape index (κ3) is 2.41. The fourth-order valence-corrected chi connectivity index (χ4v) is 2.67. The van der Waals surface area contributed by atoms with Crippen molar-refractivity contribution in [1.29, 1.82) is 0 Å². The van der Waals surface area contributed by atoms with Crippen LogP contribution in [0.4, 0.5) is 4.39 Å². The molecule has 1 heterocycles. The molecule has 1 aliphatic rings. The van der Waals surface area contributed by atoms with E-state index in [0.717, 1.165) is 42.5 Å². The van der Waals surface area contributed by atoms with Crippen molar-refractivity contribution in [3.05, 3.63) is 29.3 Å². The van der Waals surface area contributed by atoms with Crippen molar-refractivity contribution in [2.45, 2.75) is 38.5 Å². The Morgan fingerprint density at radius 1 is 1.41 bits per heavy atom. The van der Waals surface area contributed by atoms with Crippen LogP contribution in [0.3, 0.4) is 0 Å². The molecular formula is C13H20FN2O+.